The molecule has 1 amide bonds. The highest BCUT2D eigenvalue weighted by Crippen LogP contribution is 2.31. The molecular weight excluding hydrogens is 242 g/mol. The maximum atomic E-state index is 11.5. The van der Waals surface area contributed by atoms with Gasteiger partial charge in [-0.1, -0.05) is 11.2 Å². The van der Waals surface area contributed by atoms with Crippen LogP contribution in [0.4, 0.5) is 4.79 Å². The Labute approximate surface area is 110 Å². The number of fused-ring (bicyclic) bond motifs is 1. The largest absolute Gasteiger partial charge is 0.551 e. The van der Waals surface area contributed by atoms with Crippen molar-refractivity contribution in [3.63, 3.8) is 0 Å². The third-order valence-electron chi connectivity index (χ3n) is 3.11. The van der Waals surface area contributed by atoms with Crippen molar-refractivity contribution in [2.45, 2.75) is 6.92 Å². The van der Waals surface area contributed by atoms with Crippen LogP contribution in [0.2, 0.25) is 0 Å². The molecule has 0 fully saturated rings. The van der Waals surface area contributed by atoms with Gasteiger partial charge in [0.05, 0.1) is 0 Å². The highest BCUT2D eigenvalue weighted by atomic mass is 16.4. The number of carbonyl (C=O) groups is 1. The fraction of sp³-hybridized carbons (Fsp3) is 0.0714. The Hall–Kier alpha value is -2.53. The van der Waals surface area contributed by atoms with E-state index < -0.39 is 10.7 Å². The van der Waals surface area contributed by atoms with Gasteiger partial charge < -0.3 is 5.11 Å². The standard InChI is InChI=1S/C14H11N3O2/c1-10-8-11(5-6-15-10)13-9-12-4-2-3-7-17(12,16-13)14(18)19/h2-9H,1H3/p+1. The van der Waals surface area contributed by atoms with Crippen LogP contribution in [0.3, 0.4) is 0 Å². The van der Waals surface area contributed by atoms with E-state index in [0.29, 0.717) is 11.4 Å². The number of nitrogens with zero attached hydrogens (tertiary/aromatic N) is 3. The molecule has 94 valence electrons. The van der Waals surface area contributed by atoms with Crippen molar-refractivity contribution in [1.82, 2.24) is 4.98 Å². The fourth-order valence-corrected chi connectivity index (χ4v) is 2.17. The first-order valence-electron chi connectivity index (χ1n) is 5.85. The quantitative estimate of drug-likeness (QED) is 0.783. The summed E-state index contributed by atoms with van der Waals surface area (Å²) in [7, 11) is 0. The van der Waals surface area contributed by atoms with E-state index in [4.69, 9.17) is 0 Å². The molecule has 0 bridgehead atoms. The van der Waals surface area contributed by atoms with Crippen molar-refractivity contribution in [3.05, 3.63) is 65.8 Å². The van der Waals surface area contributed by atoms with Crippen LogP contribution in [0.1, 0.15) is 11.3 Å². The zero-order valence-electron chi connectivity index (χ0n) is 10.3. The second-order valence-electron chi connectivity index (χ2n) is 4.41. The van der Waals surface area contributed by atoms with E-state index in [0.717, 1.165) is 11.3 Å². The molecule has 0 aromatic carbocycles. The number of amides is 1. The summed E-state index contributed by atoms with van der Waals surface area (Å²) in [6.07, 6.45) is 9.28. The number of quaternary nitrogens is 1. The SMILES string of the molecule is Cc1cc(C2=N[N+]3(C(=O)O)C=CC=CC3=C2)ccn1. The minimum atomic E-state index is -1.02. The summed E-state index contributed by atoms with van der Waals surface area (Å²) in [4.78, 5) is 15.7. The molecule has 0 spiro atoms. The minimum absolute atomic E-state index is 0.521. The van der Waals surface area contributed by atoms with Crippen molar-refractivity contribution < 1.29 is 14.5 Å². The van der Waals surface area contributed by atoms with Gasteiger partial charge in [-0.15, -0.1) is 0 Å². The molecule has 3 heterocycles. The summed E-state index contributed by atoms with van der Waals surface area (Å²) >= 11 is 0. The van der Waals surface area contributed by atoms with E-state index in [2.05, 4.69) is 10.1 Å². The van der Waals surface area contributed by atoms with Gasteiger partial charge in [-0.3, -0.25) is 4.98 Å². The molecule has 19 heavy (non-hydrogen) atoms. The topological polar surface area (TPSA) is 62.5 Å². The second kappa shape index (κ2) is 4.00. The lowest BCUT2D eigenvalue weighted by Gasteiger charge is -2.19. The normalized spacial score (nSPS) is 23.8. The van der Waals surface area contributed by atoms with Crippen LogP contribution in [0.25, 0.3) is 0 Å². The van der Waals surface area contributed by atoms with Crippen LogP contribution < -0.4 is 0 Å². The Morgan fingerprint density at radius 2 is 2.21 bits per heavy atom. The number of pyridine rings is 1. The smallest absolute Gasteiger partial charge is 0.433 e. The molecule has 1 aromatic heterocycles. The van der Waals surface area contributed by atoms with Gasteiger partial charge in [-0.2, -0.15) is 4.79 Å². The number of hydrogen-bond acceptors (Lipinski definition) is 3. The van der Waals surface area contributed by atoms with Gasteiger partial charge in [0.2, 0.25) is 0 Å². The summed E-state index contributed by atoms with van der Waals surface area (Å²) in [5, 5.41) is 13.8. The van der Waals surface area contributed by atoms with E-state index in [1.54, 1.807) is 30.6 Å². The molecule has 1 unspecified atom stereocenters. The zero-order chi connectivity index (χ0) is 13.5. The van der Waals surface area contributed by atoms with E-state index in [1.165, 1.54) is 0 Å². The molecule has 1 N–H and O–H groups in total. The van der Waals surface area contributed by atoms with Crippen molar-refractivity contribution >= 4 is 11.8 Å². The second-order valence-corrected chi connectivity index (χ2v) is 4.41. The van der Waals surface area contributed by atoms with Crippen LogP contribution in [-0.4, -0.2) is 26.5 Å². The number of aromatic nitrogens is 1. The third-order valence-corrected chi connectivity index (χ3v) is 3.11. The van der Waals surface area contributed by atoms with Crippen molar-refractivity contribution in [2.75, 3.05) is 0 Å². The maximum absolute atomic E-state index is 11.5. The van der Waals surface area contributed by atoms with Crippen molar-refractivity contribution in [2.24, 2.45) is 5.10 Å². The molecule has 3 rings (SSSR count). The monoisotopic (exact) mass is 254 g/mol. The lowest BCUT2D eigenvalue weighted by Crippen LogP contribution is -2.39. The molecule has 2 aliphatic rings. The molecule has 0 radical (unpaired) electrons. The highest BCUT2D eigenvalue weighted by Gasteiger charge is 2.45. The number of allylic oxidation sites excluding steroid dienone is 4. The molecule has 0 saturated heterocycles. The van der Waals surface area contributed by atoms with Gasteiger partial charge in [0.1, 0.15) is 11.9 Å². The molecule has 1 atom stereocenters. The van der Waals surface area contributed by atoms with Crippen molar-refractivity contribution in [3.8, 4) is 0 Å². The van der Waals surface area contributed by atoms with Crippen LogP contribution in [-0.2, 0) is 0 Å². The first-order valence-corrected chi connectivity index (χ1v) is 5.85. The van der Waals surface area contributed by atoms with Crippen LogP contribution >= 0.6 is 0 Å². The number of carboxylic acid groups (broad SMARTS) is 1. The van der Waals surface area contributed by atoms with Gasteiger partial charge in [-0.05, 0) is 29.7 Å². The summed E-state index contributed by atoms with van der Waals surface area (Å²) in [6.45, 7) is 1.89. The first-order chi connectivity index (χ1) is 9.12. The Balaban J connectivity index is 2.14. The van der Waals surface area contributed by atoms with Gasteiger partial charge in [-0.25, -0.2) is 0 Å². The highest BCUT2D eigenvalue weighted by molar-refractivity contribution is 6.10. The van der Waals surface area contributed by atoms with E-state index in [9.17, 15) is 9.90 Å². The Morgan fingerprint density at radius 3 is 2.89 bits per heavy atom. The van der Waals surface area contributed by atoms with E-state index >= 15 is 0 Å². The Kier molecular flexibility index (Phi) is 2.43. The Bertz CT molecular complexity index is 686. The predicted octanol–water partition coefficient (Wildman–Crippen LogP) is 2.57. The fourth-order valence-electron chi connectivity index (χ4n) is 2.17. The predicted molar refractivity (Wildman–Crippen MR) is 70.2 cm³/mol. The van der Waals surface area contributed by atoms with Crippen LogP contribution in [0.5, 0.6) is 0 Å². The third kappa shape index (κ3) is 1.71. The molecule has 0 saturated carbocycles. The van der Waals surface area contributed by atoms with Gasteiger partial charge in [0, 0.05) is 29.6 Å². The van der Waals surface area contributed by atoms with E-state index in [-0.39, 0.29) is 0 Å². The van der Waals surface area contributed by atoms with Gasteiger partial charge in [0.15, 0.2) is 5.70 Å². The summed E-state index contributed by atoms with van der Waals surface area (Å²) in [5.74, 6) is 0. The lowest BCUT2D eigenvalue weighted by molar-refractivity contribution is -0.766. The molecule has 5 nitrogen and oxygen atoms in total. The number of rotatable bonds is 1. The first kappa shape index (κ1) is 11.6. The Morgan fingerprint density at radius 1 is 1.37 bits per heavy atom. The lowest BCUT2D eigenvalue weighted by atomic mass is 10.1. The molecule has 2 aliphatic heterocycles. The molecule has 1 aromatic rings. The van der Waals surface area contributed by atoms with Gasteiger partial charge >= 0.3 is 6.09 Å². The maximum Gasteiger partial charge on any atom is 0.551 e. The average Bonchev–Trinajstić information content (AvgIpc) is 2.79. The summed E-state index contributed by atoms with van der Waals surface area (Å²) in [5.41, 5.74) is 3.02. The van der Waals surface area contributed by atoms with Crippen LogP contribution in [0.15, 0.2) is 59.6 Å². The number of aryl methyl sites for hydroxylation is 1. The summed E-state index contributed by atoms with van der Waals surface area (Å²) < 4.78 is -0.521. The average molecular weight is 254 g/mol. The molecule has 5 heteroatoms. The zero-order valence-corrected chi connectivity index (χ0v) is 10.3. The number of hydrogen-bond donors (Lipinski definition) is 1. The molecule has 0 aliphatic carbocycles. The minimum Gasteiger partial charge on any atom is -0.433 e. The van der Waals surface area contributed by atoms with E-state index in [1.807, 2.05) is 25.1 Å². The van der Waals surface area contributed by atoms with Crippen LogP contribution in [0, 0.1) is 6.92 Å². The van der Waals surface area contributed by atoms with Gasteiger partial charge in [0.25, 0.3) is 0 Å². The van der Waals surface area contributed by atoms with Crippen molar-refractivity contribution in [1.29, 1.82) is 0 Å². The molecular formula is C14H12N3O2+. The summed E-state index contributed by atoms with van der Waals surface area (Å²) in [6, 6.07) is 3.72.